The van der Waals surface area contributed by atoms with Crippen molar-refractivity contribution in [1.29, 1.82) is 0 Å². The molecule has 2 fully saturated rings. The standard InChI is InChI=1S/C27H29F2N3O4/c1-4-36-26(34)21-22(30-15(2)24(35-3)23(21)33)18-12-16-8-5-6-10-20(16)31-25(18)32-13-17-9-7-11-27(28,29)19(17)14-32/h5-6,8,10,12,17,19H,4,7,9,11,13-14H2,1-3H3,(H,30,33)/t17-,19+/m1/s1. The van der Waals surface area contributed by atoms with Crippen LogP contribution >= 0.6 is 0 Å². The highest BCUT2D eigenvalue weighted by Crippen LogP contribution is 2.48. The minimum atomic E-state index is -2.73. The van der Waals surface area contributed by atoms with E-state index in [9.17, 15) is 18.4 Å². The number of nitrogens with one attached hydrogen (secondary N) is 1. The molecule has 3 aromatic rings. The van der Waals surface area contributed by atoms with Gasteiger partial charge in [-0.15, -0.1) is 0 Å². The van der Waals surface area contributed by atoms with Crippen molar-refractivity contribution in [2.45, 2.75) is 39.0 Å². The molecule has 0 unspecified atom stereocenters. The van der Waals surface area contributed by atoms with Crippen LogP contribution in [0.4, 0.5) is 14.6 Å². The number of carbonyl (C=O) groups is 1. The Morgan fingerprint density at radius 1 is 1.28 bits per heavy atom. The number of esters is 1. The van der Waals surface area contributed by atoms with Crippen molar-refractivity contribution < 1.29 is 23.0 Å². The van der Waals surface area contributed by atoms with Crippen LogP contribution in [0.3, 0.4) is 0 Å². The molecule has 0 spiro atoms. The van der Waals surface area contributed by atoms with E-state index in [0.717, 1.165) is 11.8 Å². The molecule has 0 radical (unpaired) electrons. The average Bonchev–Trinajstić information content (AvgIpc) is 3.29. The molecule has 1 aromatic carbocycles. The van der Waals surface area contributed by atoms with E-state index in [1.807, 2.05) is 35.2 Å². The molecule has 3 heterocycles. The molecule has 36 heavy (non-hydrogen) atoms. The van der Waals surface area contributed by atoms with Gasteiger partial charge in [-0.05, 0) is 44.7 Å². The molecule has 190 valence electrons. The number of para-hydroxylation sites is 1. The first kappa shape index (κ1) is 24.2. The summed E-state index contributed by atoms with van der Waals surface area (Å²) in [5.41, 5.74) is 1.07. The molecule has 5 rings (SSSR count). The summed E-state index contributed by atoms with van der Waals surface area (Å²) in [6.07, 6.45) is 1.14. The number of rotatable bonds is 5. The number of aromatic nitrogens is 2. The summed E-state index contributed by atoms with van der Waals surface area (Å²) in [5, 5.41) is 0.794. The second-order valence-corrected chi connectivity index (χ2v) is 9.56. The summed E-state index contributed by atoms with van der Waals surface area (Å²) < 4.78 is 40.1. The van der Waals surface area contributed by atoms with E-state index in [2.05, 4.69) is 4.98 Å². The van der Waals surface area contributed by atoms with Crippen LogP contribution in [-0.2, 0) is 4.74 Å². The van der Waals surface area contributed by atoms with Crippen LogP contribution in [0.25, 0.3) is 22.2 Å². The maximum atomic E-state index is 14.8. The van der Waals surface area contributed by atoms with E-state index in [0.29, 0.717) is 35.6 Å². The lowest BCUT2D eigenvalue weighted by molar-refractivity contribution is -0.0930. The number of pyridine rings is 2. The number of nitrogens with zero attached hydrogens (tertiary/aromatic N) is 2. The van der Waals surface area contributed by atoms with E-state index in [1.54, 1.807) is 13.8 Å². The van der Waals surface area contributed by atoms with Crippen molar-refractivity contribution in [3.05, 3.63) is 51.8 Å². The Balaban J connectivity index is 1.74. The summed E-state index contributed by atoms with van der Waals surface area (Å²) in [6, 6.07) is 9.31. The van der Waals surface area contributed by atoms with Crippen LogP contribution in [0.2, 0.25) is 0 Å². The lowest BCUT2D eigenvalue weighted by Gasteiger charge is -2.32. The van der Waals surface area contributed by atoms with Gasteiger partial charge in [0, 0.05) is 36.4 Å². The van der Waals surface area contributed by atoms with Crippen LogP contribution in [0.15, 0.2) is 35.1 Å². The van der Waals surface area contributed by atoms with E-state index in [4.69, 9.17) is 14.5 Å². The number of aryl methyl sites for hydroxylation is 1. The SMILES string of the molecule is CCOC(=O)c1c(-c2cc3ccccc3nc2N2C[C@H]3CCCC(F)(F)[C@H]3C2)[nH]c(C)c(OC)c1=O. The smallest absolute Gasteiger partial charge is 0.344 e. The third kappa shape index (κ3) is 4.00. The number of alkyl halides is 2. The third-order valence-electron chi connectivity index (χ3n) is 7.36. The first-order valence-corrected chi connectivity index (χ1v) is 12.3. The predicted molar refractivity (Wildman–Crippen MR) is 133 cm³/mol. The topological polar surface area (TPSA) is 84.5 Å². The molecule has 1 saturated carbocycles. The molecular weight excluding hydrogens is 468 g/mol. The van der Waals surface area contributed by atoms with Crippen molar-refractivity contribution in [3.63, 3.8) is 0 Å². The number of hydrogen-bond acceptors (Lipinski definition) is 6. The van der Waals surface area contributed by atoms with Gasteiger partial charge in [0.25, 0.3) is 5.92 Å². The zero-order valence-corrected chi connectivity index (χ0v) is 20.6. The minimum absolute atomic E-state index is 0.0175. The molecule has 0 bridgehead atoms. The monoisotopic (exact) mass is 497 g/mol. The Labute approximate surface area is 207 Å². The molecule has 2 atom stereocenters. The molecule has 1 aliphatic carbocycles. The maximum Gasteiger partial charge on any atom is 0.344 e. The Morgan fingerprint density at radius 3 is 2.78 bits per heavy atom. The molecule has 2 aromatic heterocycles. The molecule has 1 N–H and O–H groups in total. The van der Waals surface area contributed by atoms with Gasteiger partial charge in [0.1, 0.15) is 11.4 Å². The van der Waals surface area contributed by atoms with Crippen LogP contribution in [-0.4, -0.2) is 48.7 Å². The number of benzene rings is 1. The lowest BCUT2D eigenvalue weighted by atomic mass is 9.79. The molecule has 2 aliphatic rings. The lowest BCUT2D eigenvalue weighted by Crippen LogP contribution is -2.37. The molecule has 7 nitrogen and oxygen atoms in total. The summed E-state index contributed by atoms with van der Waals surface area (Å²) in [7, 11) is 1.36. The number of aromatic amines is 1. The maximum absolute atomic E-state index is 14.8. The van der Waals surface area contributed by atoms with Crippen molar-refractivity contribution >= 4 is 22.7 Å². The molecular formula is C27H29F2N3O4. The second kappa shape index (κ2) is 9.19. The highest BCUT2D eigenvalue weighted by atomic mass is 19.3. The van der Waals surface area contributed by atoms with Gasteiger partial charge < -0.3 is 19.4 Å². The number of ether oxygens (including phenoxy) is 2. The number of anilines is 1. The van der Waals surface area contributed by atoms with Gasteiger partial charge in [0.15, 0.2) is 5.75 Å². The Kier molecular flexibility index (Phi) is 6.18. The first-order chi connectivity index (χ1) is 17.2. The fourth-order valence-corrected chi connectivity index (χ4v) is 5.68. The molecule has 0 amide bonds. The fraction of sp³-hybridized carbons (Fsp3) is 0.444. The number of halogens is 2. The number of methoxy groups -OCH3 is 1. The zero-order chi connectivity index (χ0) is 25.6. The Bertz CT molecular complexity index is 1390. The largest absolute Gasteiger partial charge is 0.491 e. The van der Waals surface area contributed by atoms with Gasteiger partial charge in [-0.25, -0.2) is 18.6 Å². The summed E-state index contributed by atoms with van der Waals surface area (Å²) >= 11 is 0. The average molecular weight is 498 g/mol. The van der Waals surface area contributed by atoms with E-state index in [1.165, 1.54) is 7.11 Å². The molecule has 9 heteroatoms. The number of H-pyrrole nitrogens is 1. The van der Waals surface area contributed by atoms with Crippen molar-refractivity contribution in [1.82, 2.24) is 9.97 Å². The Morgan fingerprint density at radius 2 is 2.06 bits per heavy atom. The highest BCUT2D eigenvalue weighted by molar-refractivity contribution is 6.00. The van der Waals surface area contributed by atoms with Crippen molar-refractivity contribution in [3.8, 4) is 17.0 Å². The third-order valence-corrected chi connectivity index (χ3v) is 7.36. The van der Waals surface area contributed by atoms with Gasteiger partial charge in [-0.2, -0.15) is 0 Å². The first-order valence-electron chi connectivity index (χ1n) is 12.3. The van der Waals surface area contributed by atoms with Gasteiger partial charge in [0.2, 0.25) is 5.43 Å². The highest BCUT2D eigenvalue weighted by Gasteiger charge is 2.51. The second-order valence-electron chi connectivity index (χ2n) is 9.56. The van der Waals surface area contributed by atoms with Crippen LogP contribution in [0, 0.1) is 18.8 Å². The van der Waals surface area contributed by atoms with E-state index >= 15 is 0 Å². The van der Waals surface area contributed by atoms with Gasteiger partial charge in [-0.1, -0.05) is 18.2 Å². The fourth-order valence-electron chi connectivity index (χ4n) is 5.68. The number of fused-ring (bicyclic) bond motifs is 2. The number of carbonyl (C=O) groups excluding carboxylic acids is 1. The summed E-state index contributed by atoms with van der Waals surface area (Å²) in [5.74, 6) is -3.93. The quantitative estimate of drug-likeness (QED) is 0.502. The van der Waals surface area contributed by atoms with Crippen LogP contribution in [0.5, 0.6) is 5.75 Å². The van der Waals surface area contributed by atoms with Crippen molar-refractivity contribution in [2.24, 2.45) is 11.8 Å². The van der Waals surface area contributed by atoms with E-state index < -0.39 is 23.2 Å². The van der Waals surface area contributed by atoms with Gasteiger partial charge in [0.05, 0.1) is 30.6 Å². The van der Waals surface area contributed by atoms with Crippen molar-refractivity contribution in [2.75, 3.05) is 31.7 Å². The summed E-state index contributed by atoms with van der Waals surface area (Å²) in [4.78, 5) is 36.2. The Hall–Kier alpha value is -3.49. The summed E-state index contributed by atoms with van der Waals surface area (Å²) in [6.45, 7) is 4.02. The predicted octanol–water partition coefficient (Wildman–Crippen LogP) is 4.96. The van der Waals surface area contributed by atoms with Crippen LogP contribution < -0.4 is 15.1 Å². The molecule has 1 aliphatic heterocycles. The van der Waals surface area contributed by atoms with E-state index in [-0.39, 0.29) is 42.5 Å². The molecule has 1 saturated heterocycles. The minimum Gasteiger partial charge on any atom is -0.491 e. The van der Waals surface area contributed by atoms with Crippen LogP contribution in [0.1, 0.15) is 42.2 Å². The zero-order valence-electron chi connectivity index (χ0n) is 20.6. The van der Waals surface area contributed by atoms with Gasteiger partial charge >= 0.3 is 5.97 Å². The normalized spacial score (nSPS) is 20.9. The number of hydrogen-bond donors (Lipinski definition) is 1. The van der Waals surface area contributed by atoms with Gasteiger partial charge in [-0.3, -0.25) is 4.79 Å².